The highest BCUT2D eigenvalue weighted by molar-refractivity contribution is 6.30. The van der Waals surface area contributed by atoms with Crippen molar-refractivity contribution in [3.05, 3.63) is 34.4 Å². The number of nitrogens with one attached hydrogen (secondary N) is 1. The van der Waals surface area contributed by atoms with E-state index in [9.17, 15) is 23.5 Å². The number of amides is 3. The van der Waals surface area contributed by atoms with Crippen molar-refractivity contribution in [2.75, 3.05) is 26.8 Å². The number of urea groups is 1. The third-order valence-corrected chi connectivity index (χ3v) is 5.58. The van der Waals surface area contributed by atoms with E-state index in [1.54, 1.807) is 4.90 Å². The van der Waals surface area contributed by atoms with Crippen LogP contribution in [0.3, 0.4) is 0 Å². The Morgan fingerprint density at radius 3 is 2.62 bits per heavy atom. The molecular formula is C19H24ClF2N3O4. The van der Waals surface area contributed by atoms with Gasteiger partial charge in [-0.25, -0.2) is 18.4 Å². The lowest BCUT2D eigenvalue weighted by molar-refractivity contribution is 0.0464. The van der Waals surface area contributed by atoms with Crippen molar-refractivity contribution in [2.45, 2.75) is 37.9 Å². The summed E-state index contributed by atoms with van der Waals surface area (Å²) >= 11 is 5.56. The monoisotopic (exact) mass is 431 g/mol. The number of hydrogen-bond donors (Lipinski definition) is 2. The molecule has 2 atom stereocenters. The second-order valence-electron chi connectivity index (χ2n) is 7.47. The van der Waals surface area contributed by atoms with Gasteiger partial charge in [0.25, 0.3) is 0 Å². The predicted octanol–water partition coefficient (Wildman–Crippen LogP) is 2.74. The number of ether oxygens (including phenoxy) is 1. The van der Waals surface area contributed by atoms with Gasteiger partial charge in [-0.15, -0.1) is 0 Å². The smallest absolute Gasteiger partial charge is 0.409 e. The van der Waals surface area contributed by atoms with E-state index in [-0.39, 0.29) is 48.3 Å². The standard InChI is InChI=1S/C19H24ClF2N3O4/c1-29-19(28)24-8-11(10-26)4-14(9-24)25(13-2-3-13)18(27)23-7-12-5-17(22)15(20)6-16(12)21/h5-6,11,13-14,26H,2-4,7-10H2,1H3,(H,23,27). The van der Waals surface area contributed by atoms with Crippen LogP contribution in [0.25, 0.3) is 0 Å². The molecule has 29 heavy (non-hydrogen) atoms. The second kappa shape index (κ2) is 9.13. The van der Waals surface area contributed by atoms with Crippen molar-refractivity contribution in [3.8, 4) is 0 Å². The summed E-state index contributed by atoms with van der Waals surface area (Å²) in [6, 6.07) is 1.12. The summed E-state index contributed by atoms with van der Waals surface area (Å²) in [5, 5.41) is 11.9. The highest BCUT2D eigenvalue weighted by atomic mass is 35.5. The number of carbonyl (C=O) groups is 2. The quantitative estimate of drug-likeness (QED) is 0.702. The molecule has 1 heterocycles. The van der Waals surface area contributed by atoms with Gasteiger partial charge in [0.2, 0.25) is 0 Å². The van der Waals surface area contributed by atoms with Crippen LogP contribution >= 0.6 is 11.6 Å². The van der Waals surface area contributed by atoms with Crippen LogP contribution in [-0.2, 0) is 11.3 Å². The number of halogens is 3. The van der Waals surface area contributed by atoms with Gasteiger partial charge in [-0.1, -0.05) is 11.6 Å². The number of hydrogen-bond acceptors (Lipinski definition) is 4. The SMILES string of the molecule is COC(=O)N1CC(CO)CC(N(C(=O)NCc2cc(F)c(Cl)cc2F)C2CC2)C1. The van der Waals surface area contributed by atoms with Crippen LogP contribution in [0.4, 0.5) is 18.4 Å². The number of nitrogens with zero attached hydrogens (tertiary/aromatic N) is 2. The van der Waals surface area contributed by atoms with Gasteiger partial charge in [0.05, 0.1) is 18.2 Å². The second-order valence-corrected chi connectivity index (χ2v) is 7.88. The maximum atomic E-state index is 14.0. The Morgan fingerprint density at radius 1 is 1.28 bits per heavy atom. The number of aliphatic hydroxyl groups excluding tert-OH is 1. The first-order chi connectivity index (χ1) is 13.8. The maximum absolute atomic E-state index is 14.0. The molecular weight excluding hydrogens is 408 g/mol. The van der Waals surface area contributed by atoms with Gasteiger partial charge < -0.3 is 25.0 Å². The normalized spacial score (nSPS) is 21.6. The predicted molar refractivity (Wildman–Crippen MR) is 101 cm³/mol. The van der Waals surface area contributed by atoms with Crippen molar-refractivity contribution in [2.24, 2.45) is 5.92 Å². The largest absolute Gasteiger partial charge is 0.453 e. The summed E-state index contributed by atoms with van der Waals surface area (Å²) < 4.78 is 32.4. The third-order valence-electron chi connectivity index (χ3n) is 5.29. The molecule has 160 valence electrons. The molecule has 0 bridgehead atoms. The van der Waals surface area contributed by atoms with Crippen LogP contribution < -0.4 is 5.32 Å². The van der Waals surface area contributed by atoms with Crippen LogP contribution in [0.2, 0.25) is 5.02 Å². The zero-order valence-electron chi connectivity index (χ0n) is 16.0. The molecule has 1 saturated heterocycles. The number of methoxy groups -OCH3 is 1. The molecule has 2 unspecified atom stereocenters. The van der Waals surface area contributed by atoms with Crippen LogP contribution in [0.1, 0.15) is 24.8 Å². The van der Waals surface area contributed by atoms with Gasteiger partial charge in [-0.05, 0) is 31.4 Å². The van der Waals surface area contributed by atoms with Gasteiger partial charge in [0.1, 0.15) is 11.6 Å². The van der Waals surface area contributed by atoms with E-state index in [2.05, 4.69) is 5.32 Å². The number of likely N-dealkylation sites (tertiary alicyclic amines) is 1. The first kappa shape index (κ1) is 21.6. The van der Waals surface area contributed by atoms with E-state index in [0.29, 0.717) is 13.0 Å². The van der Waals surface area contributed by atoms with E-state index in [4.69, 9.17) is 16.3 Å². The number of benzene rings is 1. The Labute approximate surface area is 172 Å². The van der Waals surface area contributed by atoms with E-state index in [0.717, 1.165) is 25.0 Å². The molecule has 1 aliphatic carbocycles. The van der Waals surface area contributed by atoms with E-state index >= 15 is 0 Å². The third kappa shape index (κ3) is 5.08. The molecule has 1 aromatic rings. The van der Waals surface area contributed by atoms with Crippen LogP contribution in [0, 0.1) is 17.6 Å². The number of rotatable bonds is 5. The molecule has 1 aromatic carbocycles. The van der Waals surface area contributed by atoms with Gasteiger partial charge >= 0.3 is 12.1 Å². The fourth-order valence-electron chi connectivity index (χ4n) is 3.73. The van der Waals surface area contributed by atoms with E-state index in [1.807, 2.05) is 0 Å². The minimum atomic E-state index is -0.761. The molecule has 7 nitrogen and oxygen atoms in total. The van der Waals surface area contributed by atoms with Crippen molar-refractivity contribution in [1.82, 2.24) is 15.1 Å². The van der Waals surface area contributed by atoms with E-state index in [1.165, 1.54) is 12.0 Å². The Balaban J connectivity index is 1.71. The van der Waals surface area contributed by atoms with Crippen molar-refractivity contribution in [3.63, 3.8) is 0 Å². The first-order valence-corrected chi connectivity index (χ1v) is 9.85. The lowest BCUT2D eigenvalue weighted by Crippen LogP contribution is -2.57. The summed E-state index contributed by atoms with van der Waals surface area (Å²) in [7, 11) is 1.28. The Hall–Kier alpha value is -2.13. The topological polar surface area (TPSA) is 82.1 Å². The van der Waals surface area contributed by atoms with Crippen LogP contribution in [0.5, 0.6) is 0 Å². The van der Waals surface area contributed by atoms with Crippen LogP contribution in [-0.4, -0.2) is 65.9 Å². The molecule has 1 aliphatic heterocycles. The van der Waals surface area contributed by atoms with Crippen molar-refractivity contribution in [1.29, 1.82) is 0 Å². The highest BCUT2D eigenvalue weighted by Crippen LogP contribution is 2.33. The molecule has 0 aromatic heterocycles. The zero-order chi connectivity index (χ0) is 21.1. The van der Waals surface area contributed by atoms with Gasteiger partial charge in [-0.3, -0.25) is 0 Å². The summed E-state index contributed by atoms with van der Waals surface area (Å²) in [5.74, 6) is -1.64. The number of aliphatic hydroxyl groups is 1. The van der Waals surface area contributed by atoms with Gasteiger partial charge in [0.15, 0.2) is 0 Å². The molecule has 0 spiro atoms. The maximum Gasteiger partial charge on any atom is 0.409 e. The fourth-order valence-corrected chi connectivity index (χ4v) is 3.88. The summed E-state index contributed by atoms with van der Waals surface area (Å²) in [4.78, 5) is 28.0. The molecule has 2 N–H and O–H groups in total. The van der Waals surface area contributed by atoms with Crippen molar-refractivity contribution < 1.29 is 28.2 Å². The average Bonchev–Trinajstić information content (AvgIpc) is 3.53. The minimum Gasteiger partial charge on any atom is -0.453 e. The molecule has 2 aliphatic rings. The minimum absolute atomic E-state index is 0.0101. The van der Waals surface area contributed by atoms with Gasteiger partial charge in [0, 0.05) is 43.8 Å². The molecule has 0 radical (unpaired) electrons. The summed E-state index contributed by atoms with van der Waals surface area (Å²) in [6.45, 7) is 0.338. The summed E-state index contributed by atoms with van der Waals surface area (Å²) in [5.41, 5.74) is -0.0101. The van der Waals surface area contributed by atoms with Gasteiger partial charge in [-0.2, -0.15) is 0 Å². The van der Waals surface area contributed by atoms with E-state index < -0.39 is 23.8 Å². The van der Waals surface area contributed by atoms with Crippen LogP contribution in [0.15, 0.2) is 12.1 Å². The zero-order valence-corrected chi connectivity index (χ0v) is 16.8. The molecule has 1 saturated carbocycles. The average molecular weight is 432 g/mol. The molecule has 2 fully saturated rings. The molecule has 3 amide bonds. The fraction of sp³-hybridized carbons (Fsp3) is 0.579. The Kier molecular flexibility index (Phi) is 6.79. The molecule has 3 rings (SSSR count). The Bertz CT molecular complexity index is 778. The summed E-state index contributed by atoms with van der Waals surface area (Å²) in [6.07, 6.45) is 1.69. The lowest BCUT2D eigenvalue weighted by atomic mass is 9.94. The first-order valence-electron chi connectivity index (χ1n) is 9.47. The Morgan fingerprint density at radius 2 is 2.00 bits per heavy atom. The lowest BCUT2D eigenvalue weighted by Gasteiger charge is -2.41. The number of piperidine rings is 1. The number of carbonyl (C=O) groups excluding carboxylic acids is 2. The van der Waals surface area contributed by atoms with Crippen molar-refractivity contribution >= 4 is 23.7 Å². The highest BCUT2D eigenvalue weighted by Gasteiger charge is 2.42. The molecule has 10 heteroatoms.